The molecule has 16 heavy (non-hydrogen) atoms. The minimum atomic E-state index is 0.162. The van der Waals surface area contributed by atoms with E-state index in [1.54, 1.807) is 6.08 Å². The van der Waals surface area contributed by atoms with Crippen LogP contribution in [0.1, 0.15) is 39.5 Å². The molecule has 1 amide bonds. The zero-order valence-corrected chi connectivity index (χ0v) is 10.5. The zero-order chi connectivity index (χ0) is 12.0. The largest absolute Gasteiger partial charge is 0.339 e. The third-order valence-electron chi connectivity index (χ3n) is 3.19. The lowest BCUT2D eigenvalue weighted by Gasteiger charge is -2.30. The van der Waals surface area contributed by atoms with Gasteiger partial charge in [0, 0.05) is 18.7 Å². The minimum absolute atomic E-state index is 0.162. The average Bonchev–Trinajstić information content (AvgIpc) is 2.30. The van der Waals surface area contributed by atoms with E-state index < -0.39 is 0 Å². The van der Waals surface area contributed by atoms with Gasteiger partial charge in [0.05, 0.1) is 0 Å². The fourth-order valence-corrected chi connectivity index (χ4v) is 1.95. The van der Waals surface area contributed by atoms with Gasteiger partial charge in [-0.3, -0.25) is 4.79 Å². The zero-order valence-electron chi connectivity index (χ0n) is 10.5. The Morgan fingerprint density at radius 1 is 1.44 bits per heavy atom. The molecule has 0 bridgehead atoms. The summed E-state index contributed by atoms with van der Waals surface area (Å²) in [4.78, 5) is 14.1. The van der Waals surface area contributed by atoms with Crippen LogP contribution in [0.25, 0.3) is 0 Å². The summed E-state index contributed by atoms with van der Waals surface area (Å²) in [5.74, 6) is 0.922. The Balaban J connectivity index is 2.58. The number of hydrogen-bond donors (Lipinski definition) is 0. The first-order valence-electron chi connectivity index (χ1n) is 6.30. The van der Waals surface area contributed by atoms with E-state index in [1.807, 2.05) is 11.0 Å². The third-order valence-corrected chi connectivity index (χ3v) is 3.19. The number of nitrogens with zero attached hydrogens (tertiary/aromatic N) is 1. The molecule has 1 aliphatic heterocycles. The standard InChI is InChI=1S/C14H23NO/c1-4-6-7-13(5-2)14(16)15-10-8-12(3)9-11-15/h5,7,12H,2,4,6,8-11H2,1,3H3/b13-7+. The molecule has 2 nitrogen and oxygen atoms in total. The average molecular weight is 221 g/mol. The van der Waals surface area contributed by atoms with E-state index in [4.69, 9.17) is 0 Å². The quantitative estimate of drug-likeness (QED) is 0.527. The highest BCUT2D eigenvalue weighted by molar-refractivity contribution is 5.96. The van der Waals surface area contributed by atoms with Crippen LogP contribution in [0.3, 0.4) is 0 Å². The summed E-state index contributed by atoms with van der Waals surface area (Å²) in [5, 5.41) is 0. The number of piperidine rings is 1. The number of allylic oxidation sites excluding steroid dienone is 1. The van der Waals surface area contributed by atoms with E-state index in [0.29, 0.717) is 0 Å². The van der Waals surface area contributed by atoms with Crippen molar-refractivity contribution in [1.82, 2.24) is 4.90 Å². The number of carbonyl (C=O) groups excluding carboxylic acids is 1. The summed E-state index contributed by atoms with van der Waals surface area (Å²) in [6.45, 7) is 9.90. The summed E-state index contributed by atoms with van der Waals surface area (Å²) in [5.41, 5.74) is 0.774. The molecule has 1 heterocycles. The number of hydrogen-bond acceptors (Lipinski definition) is 1. The van der Waals surface area contributed by atoms with Gasteiger partial charge < -0.3 is 4.90 Å². The van der Waals surface area contributed by atoms with E-state index in [9.17, 15) is 4.79 Å². The van der Waals surface area contributed by atoms with E-state index in [2.05, 4.69) is 20.4 Å². The molecule has 0 saturated carbocycles. The first-order valence-corrected chi connectivity index (χ1v) is 6.30. The van der Waals surface area contributed by atoms with Gasteiger partial charge in [-0.1, -0.05) is 39.0 Å². The van der Waals surface area contributed by atoms with Gasteiger partial charge in [0.2, 0.25) is 0 Å². The lowest BCUT2D eigenvalue weighted by Crippen LogP contribution is -2.38. The van der Waals surface area contributed by atoms with Crippen molar-refractivity contribution in [3.63, 3.8) is 0 Å². The third kappa shape index (κ3) is 3.51. The van der Waals surface area contributed by atoms with Gasteiger partial charge in [0.1, 0.15) is 0 Å². The SMILES string of the molecule is C=C/C(=C\CCC)C(=O)N1CCC(C)CC1. The van der Waals surface area contributed by atoms with Crippen molar-refractivity contribution in [2.45, 2.75) is 39.5 Å². The van der Waals surface area contributed by atoms with Crippen LogP contribution in [0, 0.1) is 5.92 Å². The van der Waals surface area contributed by atoms with E-state index in [0.717, 1.165) is 50.3 Å². The molecular formula is C14H23NO. The lowest BCUT2D eigenvalue weighted by atomic mass is 9.98. The fraction of sp³-hybridized carbons (Fsp3) is 0.643. The van der Waals surface area contributed by atoms with Crippen LogP contribution in [-0.2, 0) is 4.79 Å². The Kier molecular flexibility index (Phi) is 5.30. The Bertz CT molecular complexity index is 272. The highest BCUT2D eigenvalue weighted by Gasteiger charge is 2.21. The molecule has 0 atom stereocenters. The molecule has 1 aliphatic rings. The van der Waals surface area contributed by atoms with Crippen molar-refractivity contribution < 1.29 is 4.79 Å². The van der Waals surface area contributed by atoms with Gasteiger partial charge >= 0.3 is 0 Å². The molecule has 2 heteroatoms. The highest BCUT2D eigenvalue weighted by Crippen LogP contribution is 2.18. The molecule has 0 radical (unpaired) electrons. The highest BCUT2D eigenvalue weighted by atomic mass is 16.2. The Morgan fingerprint density at radius 2 is 2.06 bits per heavy atom. The second-order valence-corrected chi connectivity index (χ2v) is 4.63. The van der Waals surface area contributed by atoms with Crippen molar-refractivity contribution >= 4 is 5.91 Å². The molecule has 1 saturated heterocycles. The van der Waals surface area contributed by atoms with Crippen LogP contribution < -0.4 is 0 Å². The Hall–Kier alpha value is -1.05. The minimum Gasteiger partial charge on any atom is -0.339 e. The van der Waals surface area contributed by atoms with Gasteiger partial charge in [-0.2, -0.15) is 0 Å². The topological polar surface area (TPSA) is 20.3 Å². The van der Waals surface area contributed by atoms with Gasteiger partial charge in [0.15, 0.2) is 0 Å². The fourth-order valence-electron chi connectivity index (χ4n) is 1.95. The van der Waals surface area contributed by atoms with Crippen LogP contribution in [0.5, 0.6) is 0 Å². The number of amides is 1. The predicted molar refractivity (Wildman–Crippen MR) is 68.2 cm³/mol. The van der Waals surface area contributed by atoms with Gasteiger partial charge in [-0.05, 0) is 25.2 Å². The molecule has 90 valence electrons. The smallest absolute Gasteiger partial charge is 0.253 e. The van der Waals surface area contributed by atoms with E-state index in [-0.39, 0.29) is 5.91 Å². The van der Waals surface area contributed by atoms with Crippen LogP contribution >= 0.6 is 0 Å². The van der Waals surface area contributed by atoms with Gasteiger partial charge in [-0.25, -0.2) is 0 Å². The molecule has 0 aromatic heterocycles. The summed E-state index contributed by atoms with van der Waals surface area (Å²) < 4.78 is 0. The molecule has 0 aromatic rings. The molecular weight excluding hydrogens is 198 g/mol. The number of unbranched alkanes of at least 4 members (excludes halogenated alkanes) is 1. The van der Waals surface area contributed by atoms with Crippen molar-refractivity contribution in [2.24, 2.45) is 5.92 Å². The summed E-state index contributed by atoms with van der Waals surface area (Å²) in [6, 6.07) is 0. The molecule has 0 spiro atoms. The van der Waals surface area contributed by atoms with Gasteiger partial charge in [-0.15, -0.1) is 0 Å². The van der Waals surface area contributed by atoms with Crippen molar-refractivity contribution in [2.75, 3.05) is 13.1 Å². The molecule has 1 fully saturated rings. The maximum absolute atomic E-state index is 12.1. The van der Waals surface area contributed by atoms with Crippen LogP contribution in [0.15, 0.2) is 24.3 Å². The first-order chi connectivity index (χ1) is 7.69. The monoisotopic (exact) mass is 221 g/mol. The second kappa shape index (κ2) is 6.51. The van der Waals surface area contributed by atoms with Crippen LogP contribution in [0.4, 0.5) is 0 Å². The molecule has 1 rings (SSSR count). The van der Waals surface area contributed by atoms with E-state index in [1.165, 1.54) is 0 Å². The van der Waals surface area contributed by atoms with Crippen molar-refractivity contribution in [3.05, 3.63) is 24.3 Å². The molecule has 0 unspecified atom stereocenters. The maximum Gasteiger partial charge on any atom is 0.253 e. The summed E-state index contributed by atoms with van der Waals surface area (Å²) in [6.07, 6.45) is 7.98. The molecule has 0 aromatic carbocycles. The maximum atomic E-state index is 12.1. The molecule has 0 aliphatic carbocycles. The van der Waals surface area contributed by atoms with Crippen LogP contribution in [0.2, 0.25) is 0 Å². The van der Waals surface area contributed by atoms with Gasteiger partial charge in [0.25, 0.3) is 5.91 Å². The first kappa shape index (κ1) is 13.0. The van der Waals surface area contributed by atoms with Crippen molar-refractivity contribution in [3.8, 4) is 0 Å². The van der Waals surface area contributed by atoms with Crippen molar-refractivity contribution in [1.29, 1.82) is 0 Å². The predicted octanol–water partition coefficient (Wildman–Crippen LogP) is 3.16. The normalized spacial score (nSPS) is 18.6. The number of carbonyl (C=O) groups is 1. The molecule has 0 N–H and O–H groups in total. The summed E-state index contributed by atoms with van der Waals surface area (Å²) in [7, 11) is 0. The Labute approximate surface area is 99.0 Å². The van der Waals surface area contributed by atoms with E-state index >= 15 is 0 Å². The number of likely N-dealkylation sites (tertiary alicyclic amines) is 1. The second-order valence-electron chi connectivity index (χ2n) is 4.63. The lowest BCUT2D eigenvalue weighted by molar-refractivity contribution is -0.128. The Morgan fingerprint density at radius 3 is 2.56 bits per heavy atom. The van der Waals surface area contributed by atoms with Crippen LogP contribution in [-0.4, -0.2) is 23.9 Å². The number of rotatable bonds is 4. The summed E-state index contributed by atoms with van der Waals surface area (Å²) >= 11 is 0.